The first-order valence-corrected chi connectivity index (χ1v) is 19.3. The summed E-state index contributed by atoms with van der Waals surface area (Å²) >= 11 is 0. The highest BCUT2D eigenvalue weighted by atomic mass is 15.0. The van der Waals surface area contributed by atoms with Crippen LogP contribution in [0.3, 0.4) is 0 Å². The number of hydrogen-bond donors (Lipinski definition) is 0. The lowest BCUT2D eigenvalue weighted by molar-refractivity contribution is 1.18. The van der Waals surface area contributed by atoms with Gasteiger partial charge in [0.25, 0.3) is 0 Å². The molecular formula is C54H36N2. The standard InChI is InChI=1S/C54H36N2/c1-3-13-37(14-4-1)39-25-27-41(28-26-39)42-17-11-18-45(35-42)56-51-23-10-8-20-49(51)54-46(21-12-24-52(54)56)43-31-34-48-47-19-7-9-22-50(47)55(53(48)36-43)44-32-29-40(30-33-44)38-15-5-2-6-16-38/h1-36H. The molecule has 2 heterocycles. The van der Waals surface area contributed by atoms with Crippen molar-refractivity contribution >= 4 is 43.6 Å². The van der Waals surface area contributed by atoms with Gasteiger partial charge in [-0.05, 0) is 93.0 Å². The third kappa shape index (κ3) is 5.26. The summed E-state index contributed by atoms with van der Waals surface area (Å²) in [7, 11) is 0. The van der Waals surface area contributed by atoms with E-state index in [1.807, 2.05) is 0 Å². The molecule has 0 aliphatic carbocycles. The third-order valence-electron chi connectivity index (χ3n) is 11.3. The number of hydrogen-bond acceptors (Lipinski definition) is 0. The van der Waals surface area contributed by atoms with Gasteiger partial charge in [0.05, 0.1) is 22.1 Å². The van der Waals surface area contributed by atoms with Gasteiger partial charge in [-0.2, -0.15) is 0 Å². The van der Waals surface area contributed by atoms with Crippen LogP contribution in [-0.4, -0.2) is 9.13 Å². The van der Waals surface area contributed by atoms with Crippen LogP contribution >= 0.6 is 0 Å². The van der Waals surface area contributed by atoms with Gasteiger partial charge in [-0.3, -0.25) is 0 Å². The number of rotatable bonds is 6. The average Bonchev–Trinajstić information content (AvgIpc) is 3.80. The second kappa shape index (κ2) is 13.2. The Balaban J connectivity index is 1.05. The summed E-state index contributed by atoms with van der Waals surface area (Å²) in [6.07, 6.45) is 0. The normalized spacial score (nSPS) is 11.6. The van der Waals surface area contributed by atoms with Crippen LogP contribution in [0.1, 0.15) is 0 Å². The molecule has 0 saturated heterocycles. The second-order valence-electron chi connectivity index (χ2n) is 14.5. The minimum Gasteiger partial charge on any atom is -0.309 e. The van der Waals surface area contributed by atoms with E-state index in [9.17, 15) is 0 Å². The zero-order valence-electron chi connectivity index (χ0n) is 30.7. The second-order valence-corrected chi connectivity index (χ2v) is 14.5. The maximum Gasteiger partial charge on any atom is 0.0547 e. The van der Waals surface area contributed by atoms with Crippen LogP contribution in [-0.2, 0) is 0 Å². The molecule has 262 valence electrons. The molecule has 0 aliphatic heterocycles. The molecule has 0 radical (unpaired) electrons. The molecule has 0 saturated carbocycles. The molecule has 0 atom stereocenters. The van der Waals surface area contributed by atoms with E-state index in [1.54, 1.807) is 0 Å². The van der Waals surface area contributed by atoms with Crippen LogP contribution in [0.4, 0.5) is 0 Å². The van der Waals surface area contributed by atoms with Gasteiger partial charge in [-0.1, -0.05) is 170 Å². The molecule has 0 N–H and O–H groups in total. The Kier molecular flexibility index (Phi) is 7.53. The van der Waals surface area contributed by atoms with Crippen molar-refractivity contribution in [3.8, 4) is 55.9 Å². The monoisotopic (exact) mass is 712 g/mol. The van der Waals surface area contributed by atoms with Gasteiger partial charge in [0.1, 0.15) is 0 Å². The van der Waals surface area contributed by atoms with Crippen molar-refractivity contribution in [2.75, 3.05) is 0 Å². The number of para-hydroxylation sites is 2. The Morgan fingerprint density at radius 1 is 0.232 bits per heavy atom. The highest BCUT2D eigenvalue weighted by Gasteiger charge is 2.19. The fraction of sp³-hybridized carbons (Fsp3) is 0. The van der Waals surface area contributed by atoms with Crippen molar-refractivity contribution in [1.82, 2.24) is 9.13 Å². The van der Waals surface area contributed by atoms with Crippen molar-refractivity contribution in [1.29, 1.82) is 0 Å². The lowest BCUT2D eigenvalue weighted by Crippen LogP contribution is -1.95. The predicted octanol–water partition coefficient (Wildman–Crippen LogP) is 14.5. The van der Waals surface area contributed by atoms with Crippen LogP contribution in [0.25, 0.3) is 99.5 Å². The Bertz CT molecular complexity index is 3200. The topological polar surface area (TPSA) is 9.86 Å². The summed E-state index contributed by atoms with van der Waals surface area (Å²) < 4.78 is 4.85. The highest BCUT2D eigenvalue weighted by molar-refractivity contribution is 6.17. The molecular weight excluding hydrogens is 677 g/mol. The largest absolute Gasteiger partial charge is 0.309 e. The first kappa shape index (κ1) is 32.0. The Hall–Kier alpha value is -7.42. The number of benzene rings is 9. The van der Waals surface area contributed by atoms with E-state index in [-0.39, 0.29) is 0 Å². The van der Waals surface area contributed by atoms with Crippen LogP contribution in [0.2, 0.25) is 0 Å². The molecule has 2 nitrogen and oxygen atoms in total. The maximum atomic E-state index is 2.43. The molecule has 0 spiro atoms. The van der Waals surface area contributed by atoms with Crippen molar-refractivity contribution in [3.63, 3.8) is 0 Å². The molecule has 0 fully saturated rings. The number of aromatic nitrogens is 2. The molecule has 2 heteroatoms. The third-order valence-corrected chi connectivity index (χ3v) is 11.3. The minimum atomic E-state index is 1.15. The van der Waals surface area contributed by atoms with Crippen LogP contribution < -0.4 is 0 Å². The van der Waals surface area contributed by atoms with E-state index in [0.29, 0.717) is 0 Å². The Morgan fingerprint density at radius 2 is 0.696 bits per heavy atom. The quantitative estimate of drug-likeness (QED) is 0.162. The first-order valence-electron chi connectivity index (χ1n) is 19.3. The first-order chi connectivity index (χ1) is 27.8. The number of nitrogens with zero attached hydrogens (tertiary/aromatic N) is 2. The van der Waals surface area contributed by atoms with Crippen molar-refractivity contribution < 1.29 is 0 Å². The van der Waals surface area contributed by atoms with Gasteiger partial charge in [-0.15, -0.1) is 0 Å². The van der Waals surface area contributed by atoms with Crippen LogP contribution in [0.15, 0.2) is 218 Å². The van der Waals surface area contributed by atoms with Gasteiger partial charge >= 0.3 is 0 Å². The maximum absolute atomic E-state index is 2.43. The highest BCUT2D eigenvalue weighted by Crippen LogP contribution is 2.41. The van der Waals surface area contributed by atoms with Gasteiger partial charge in [0.15, 0.2) is 0 Å². The molecule has 0 aliphatic rings. The van der Waals surface area contributed by atoms with E-state index in [4.69, 9.17) is 0 Å². The van der Waals surface area contributed by atoms with Crippen molar-refractivity contribution in [2.45, 2.75) is 0 Å². The van der Waals surface area contributed by atoms with E-state index in [0.717, 1.165) is 11.4 Å². The summed E-state index contributed by atoms with van der Waals surface area (Å²) in [5.74, 6) is 0. The molecule has 2 aromatic heterocycles. The van der Waals surface area contributed by atoms with Crippen molar-refractivity contribution in [2.24, 2.45) is 0 Å². The van der Waals surface area contributed by atoms with E-state index in [1.165, 1.54) is 88.1 Å². The summed E-state index contributed by atoms with van der Waals surface area (Å²) in [6, 6.07) is 79.4. The van der Waals surface area contributed by atoms with Gasteiger partial charge in [0, 0.05) is 32.9 Å². The molecule has 0 amide bonds. The summed E-state index contributed by atoms with van der Waals surface area (Å²) in [6.45, 7) is 0. The van der Waals surface area contributed by atoms with Gasteiger partial charge < -0.3 is 9.13 Å². The minimum absolute atomic E-state index is 1.15. The molecule has 0 unspecified atom stereocenters. The summed E-state index contributed by atoms with van der Waals surface area (Å²) in [5.41, 5.74) is 16.8. The number of fused-ring (bicyclic) bond motifs is 6. The molecule has 56 heavy (non-hydrogen) atoms. The Labute approximate surface area is 325 Å². The fourth-order valence-corrected chi connectivity index (χ4v) is 8.70. The zero-order valence-corrected chi connectivity index (χ0v) is 30.7. The molecule has 0 bridgehead atoms. The van der Waals surface area contributed by atoms with Crippen LogP contribution in [0.5, 0.6) is 0 Å². The van der Waals surface area contributed by atoms with Crippen molar-refractivity contribution in [3.05, 3.63) is 218 Å². The summed E-state index contributed by atoms with van der Waals surface area (Å²) in [5, 5.41) is 5.01. The van der Waals surface area contributed by atoms with Gasteiger partial charge in [0.2, 0.25) is 0 Å². The predicted molar refractivity (Wildman–Crippen MR) is 237 cm³/mol. The van der Waals surface area contributed by atoms with E-state index < -0.39 is 0 Å². The van der Waals surface area contributed by atoms with Crippen LogP contribution in [0, 0.1) is 0 Å². The lowest BCUT2D eigenvalue weighted by Gasteiger charge is -2.12. The zero-order chi connectivity index (χ0) is 37.0. The fourth-order valence-electron chi connectivity index (χ4n) is 8.70. The smallest absolute Gasteiger partial charge is 0.0547 e. The van der Waals surface area contributed by atoms with E-state index >= 15 is 0 Å². The Morgan fingerprint density at radius 3 is 1.39 bits per heavy atom. The molecule has 11 rings (SSSR count). The SMILES string of the molecule is c1ccc(-c2ccc(-c3cccc(-n4c5ccccc5c5c(-c6ccc7c8ccccc8n(-c8ccc(-c9ccccc9)cc8)c7c6)cccc54)c3)cc2)cc1. The summed E-state index contributed by atoms with van der Waals surface area (Å²) in [4.78, 5) is 0. The van der Waals surface area contributed by atoms with E-state index in [2.05, 4.69) is 228 Å². The lowest BCUT2D eigenvalue weighted by atomic mass is 9.98. The molecule has 9 aromatic carbocycles. The molecule has 11 aromatic rings. The average molecular weight is 713 g/mol. The van der Waals surface area contributed by atoms with Gasteiger partial charge in [-0.25, -0.2) is 0 Å².